The molecule has 0 radical (unpaired) electrons. The van der Waals surface area contributed by atoms with Crippen LogP contribution in [0.3, 0.4) is 0 Å². The molecule has 0 atom stereocenters. The van der Waals surface area contributed by atoms with Crippen LogP contribution < -0.4 is 5.32 Å². The topological polar surface area (TPSA) is 66.5 Å². The van der Waals surface area contributed by atoms with E-state index >= 15 is 0 Å². The zero-order valence-electron chi connectivity index (χ0n) is 17.7. The molecule has 11 heteroatoms. The number of alkyl halides is 3. The molecule has 180 valence electrons. The van der Waals surface area contributed by atoms with E-state index in [1.54, 1.807) is 37.3 Å². The Labute approximate surface area is 199 Å². The van der Waals surface area contributed by atoms with Crippen molar-refractivity contribution in [1.29, 1.82) is 0 Å². The standard InChI is InChI=1S/C23H19ClF4N2O3S/c1-2-30(14-15-6-4-3-5-7-15)34(32,33)17-9-11-20(25)18(13-17)22(31)29-21-12-16(23(26,27)28)8-10-19(21)24/h3-13H,2,14H2,1H3,(H,29,31). The third kappa shape index (κ3) is 5.75. The van der Waals surface area contributed by atoms with Crippen molar-refractivity contribution in [2.45, 2.75) is 24.5 Å². The highest BCUT2D eigenvalue weighted by Gasteiger charge is 2.31. The number of benzene rings is 3. The lowest BCUT2D eigenvalue weighted by Gasteiger charge is -2.21. The maximum absolute atomic E-state index is 14.4. The first kappa shape index (κ1) is 25.7. The minimum absolute atomic E-state index is 0.0540. The Bertz CT molecular complexity index is 1300. The van der Waals surface area contributed by atoms with Gasteiger partial charge in [0, 0.05) is 13.1 Å². The number of hydrogen-bond donors (Lipinski definition) is 1. The van der Waals surface area contributed by atoms with Gasteiger partial charge in [-0.3, -0.25) is 4.79 Å². The van der Waals surface area contributed by atoms with Gasteiger partial charge < -0.3 is 5.32 Å². The monoisotopic (exact) mass is 514 g/mol. The quantitative estimate of drug-likeness (QED) is 0.396. The fourth-order valence-electron chi connectivity index (χ4n) is 3.13. The van der Waals surface area contributed by atoms with E-state index in [1.165, 1.54) is 0 Å². The van der Waals surface area contributed by atoms with E-state index in [9.17, 15) is 30.8 Å². The highest BCUT2D eigenvalue weighted by atomic mass is 35.5. The van der Waals surface area contributed by atoms with Crippen molar-refractivity contribution in [2.75, 3.05) is 11.9 Å². The number of halogens is 5. The molecule has 0 unspecified atom stereocenters. The highest BCUT2D eigenvalue weighted by molar-refractivity contribution is 7.89. The van der Waals surface area contributed by atoms with E-state index in [0.717, 1.165) is 40.2 Å². The van der Waals surface area contributed by atoms with Crippen LogP contribution in [0.25, 0.3) is 0 Å². The van der Waals surface area contributed by atoms with Gasteiger partial charge in [-0.15, -0.1) is 0 Å². The summed E-state index contributed by atoms with van der Waals surface area (Å²) < 4.78 is 80.8. The SMILES string of the molecule is CCN(Cc1ccccc1)S(=O)(=O)c1ccc(F)c(C(=O)Nc2cc(C(F)(F)F)ccc2Cl)c1. The molecule has 0 fully saturated rings. The second kappa shape index (κ2) is 10.1. The molecule has 1 amide bonds. The number of carbonyl (C=O) groups excluding carboxylic acids is 1. The number of carbonyl (C=O) groups is 1. The van der Waals surface area contributed by atoms with Crippen LogP contribution in [0.15, 0.2) is 71.6 Å². The zero-order valence-corrected chi connectivity index (χ0v) is 19.3. The predicted octanol–water partition coefficient (Wildman–Crippen LogP) is 5.96. The third-order valence-corrected chi connectivity index (χ3v) is 7.16. The van der Waals surface area contributed by atoms with Gasteiger partial charge in [-0.05, 0) is 42.0 Å². The lowest BCUT2D eigenvalue weighted by molar-refractivity contribution is -0.137. The summed E-state index contributed by atoms with van der Waals surface area (Å²) in [6, 6.07) is 13.8. The van der Waals surface area contributed by atoms with Crippen molar-refractivity contribution in [1.82, 2.24) is 4.31 Å². The summed E-state index contributed by atoms with van der Waals surface area (Å²) in [5, 5.41) is 1.92. The van der Waals surface area contributed by atoms with Gasteiger partial charge in [-0.25, -0.2) is 12.8 Å². The Kier molecular flexibility index (Phi) is 7.64. The molecule has 0 spiro atoms. The van der Waals surface area contributed by atoms with Gasteiger partial charge in [-0.2, -0.15) is 17.5 Å². The van der Waals surface area contributed by atoms with E-state index in [1.807, 2.05) is 0 Å². The number of amides is 1. The average molecular weight is 515 g/mol. The fraction of sp³-hybridized carbons (Fsp3) is 0.174. The molecule has 0 saturated heterocycles. The Hall–Kier alpha value is -2.95. The van der Waals surface area contributed by atoms with Crippen molar-refractivity contribution in [3.8, 4) is 0 Å². The van der Waals surface area contributed by atoms with Crippen LogP contribution in [0, 0.1) is 5.82 Å². The van der Waals surface area contributed by atoms with Gasteiger partial charge in [0.1, 0.15) is 5.82 Å². The van der Waals surface area contributed by atoms with Crippen LogP contribution in [0.5, 0.6) is 0 Å². The van der Waals surface area contributed by atoms with Crippen LogP contribution in [0.4, 0.5) is 23.2 Å². The molecule has 0 aliphatic rings. The summed E-state index contributed by atoms with van der Waals surface area (Å²) in [5.74, 6) is -2.20. The molecule has 0 bridgehead atoms. The largest absolute Gasteiger partial charge is 0.416 e. The first-order chi connectivity index (χ1) is 15.9. The van der Waals surface area contributed by atoms with E-state index < -0.39 is 44.7 Å². The Morgan fingerprint density at radius 2 is 1.71 bits per heavy atom. The molecule has 3 aromatic rings. The van der Waals surface area contributed by atoms with E-state index in [4.69, 9.17) is 11.6 Å². The molecule has 3 rings (SSSR count). The van der Waals surface area contributed by atoms with E-state index in [-0.39, 0.29) is 23.0 Å². The molecule has 0 aromatic heterocycles. The molecule has 0 aliphatic carbocycles. The lowest BCUT2D eigenvalue weighted by atomic mass is 10.1. The molecular weight excluding hydrogens is 496 g/mol. The summed E-state index contributed by atoms with van der Waals surface area (Å²) in [7, 11) is -4.12. The van der Waals surface area contributed by atoms with Gasteiger partial charge >= 0.3 is 6.18 Å². The van der Waals surface area contributed by atoms with E-state index in [0.29, 0.717) is 6.07 Å². The van der Waals surface area contributed by atoms with Gasteiger partial charge in [0.05, 0.1) is 26.7 Å². The van der Waals surface area contributed by atoms with Crippen LogP contribution in [-0.2, 0) is 22.7 Å². The maximum Gasteiger partial charge on any atom is 0.416 e. The van der Waals surface area contributed by atoms with E-state index in [2.05, 4.69) is 5.32 Å². The minimum Gasteiger partial charge on any atom is -0.321 e. The minimum atomic E-state index is -4.69. The van der Waals surface area contributed by atoms with Gasteiger partial charge in [0.15, 0.2) is 0 Å². The number of hydrogen-bond acceptors (Lipinski definition) is 3. The Balaban J connectivity index is 1.92. The first-order valence-electron chi connectivity index (χ1n) is 9.95. The average Bonchev–Trinajstić information content (AvgIpc) is 2.78. The summed E-state index contributed by atoms with van der Waals surface area (Å²) in [4.78, 5) is 12.3. The molecule has 0 saturated carbocycles. The molecule has 1 N–H and O–H groups in total. The number of anilines is 1. The summed E-state index contributed by atoms with van der Waals surface area (Å²) in [6.07, 6.45) is -4.69. The second-order valence-corrected chi connectivity index (χ2v) is 9.55. The summed E-state index contributed by atoms with van der Waals surface area (Å²) in [5.41, 5.74) is -1.39. The molecular formula is C23H19ClF4N2O3S. The Morgan fingerprint density at radius 1 is 1.03 bits per heavy atom. The normalized spacial score (nSPS) is 12.1. The molecule has 5 nitrogen and oxygen atoms in total. The van der Waals surface area contributed by atoms with Gasteiger partial charge in [-0.1, -0.05) is 48.9 Å². The number of nitrogens with zero attached hydrogens (tertiary/aromatic N) is 1. The van der Waals surface area contributed by atoms with Crippen molar-refractivity contribution in [2.24, 2.45) is 0 Å². The lowest BCUT2D eigenvalue weighted by Crippen LogP contribution is -2.30. The van der Waals surface area contributed by atoms with Crippen LogP contribution in [-0.4, -0.2) is 25.2 Å². The third-order valence-electron chi connectivity index (χ3n) is 4.92. The van der Waals surface area contributed by atoms with Crippen molar-refractivity contribution >= 4 is 33.2 Å². The predicted molar refractivity (Wildman–Crippen MR) is 121 cm³/mol. The summed E-state index contributed by atoms with van der Waals surface area (Å²) in [6.45, 7) is 1.79. The summed E-state index contributed by atoms with van der Waals surface area (Å²) >= 11 is 5.88. The van der Waals surface area contributed by atoms with Gasteiger partial charge in [0.2, 0.25) is 10.0 Å². The van der Waals surface area contributed by atoms with Crippen molar-refractivity contribution in [3.05, 3.63) is 94.3 Å². The number of rotatable bonds is 7. The van der Waals surface area contributed by atoms with Crippen LogP contribution in [0.2, 0.25) is 5.02 Å². The molecule has 0 aliphatic heterocycles. The van der Waals surface area contributed by atoms with Crippen LogP contribution >= 0.6 is 11.6 Å². The number of sulfonamides is 1. The second-order valence-electron chi connectivity index (χ2n) is 7.20. The zero-order chi connectivity index (χ0) is 25.1. The Morgan fingerprint density at radius 3 is 2.32 bits per heavy atom. The van der Waals surface area contributed by atoms with Crippen molar-refractivity contribution < 1.29 is 30.8 Å². The molecule has 0 heterocycles. The fourth-order valence-corrected chi connectivity index (χ4v) is 4.76. The molecule has 3 aromatic carbocycles. The maximum atomic E-state index is 14.4. The van der Waals surface area contributed by atoms with Gasteiger partial charge in [0.25, 0.3) is 5.91 Å². The highest BCUT2D eigenvalue weighted by Crippen LogP contribution is 2.34. The molecule has 34 heavy (non-hydrogen) atoms. The smallest absolute Gasteiger partial charge is 0.321 e. The number of nitrogens with one attached hydrogen (secondary N) is 1. The van der Waals surface area contributed by atoms with Crippen molar-refractivity contribution in [3.63, 3.8) is 0 Å². The first-order valence-corrected chi connectivity index (χ1v) is 11.8. The van der Waals surface area contributed by atoms with Crippen LogP contribution in [0.1, 0.15) is 28.4 Å².